The van der Waals surface area contributed by atoms with Gasteiger partial charge in [-0.2, -0.15) is 0 Å². The number of halogens is 1. The molecule has 1 fully saturated rings. The van der Waals surface area contributed by atoms with Crippen LogP contribution in [0.5, 0.6) is 5.75 Å². The van der Waals surface area contributed by atoms with Gasteiger partial charge in [-0.3, -0.25) is 19.7 Å². The molecule has 184 valence electrons. The van der Waals surface area contributed by atoms with Crippen molar-refractivity contribution >= 4 is 5.69 Å². The van der Waals surface area contributed by atoms with Gasteiger partial charge in [-0.05, 0) is 66.6 Å². The molecule has 0 amide bonds. The average molecular weight is 486 g/mol. The quantitative estimate of drug-likeness (QED) is 0.448. The summed E-state index contributed by atoms with van der Waals surface area (Å²) in [5.74, 6) is -0.268. The molecule has 1 aliphatic rings. The Morgan fingerprint density at radius 3 is 2.36 bits per heavy atom. The molecule has 1 saturated heterocycles. The molecule has 1 aliphatic heterocycles. The molecule has 7 nitrogen and oxygen atoms in total. The molecule has 0 aliphatic carbocycles. The Balaban J connectivity index is 1.50. The molecule has 0 spiro atoms. The van der Waals surface area contributed by atoms with Crippen molar-refractivity contribution in [1.29, 1.82) is 0 Å². The van der Waals surface area contributed by atoms with Crippen LogP contribution in [0.25, 0.3) is 0 Å². The number of aromatic hydroxyl groups is 1. The molecule has 1 aromatic carbocycles. The first-order chi connectivity index (χ1) is 17.5. The summed E-state index contributed by atoms with van der Waals surface area (Å²) in [4.78, 5) is 26.6. The summed E-state index contributed by atoms with van der Waals surface area (Å²) in [6.45, 7) is 4.95. The normalized spacial score (nSPS) is 15.1. The van der Waals surface area contributed by atoms with Gasteiger partial charge < -0.3 is 14.6 Å². The third-order valence-corrected chi connectivity index (χ3v) is 6.75. The van der Waals surface area contributed by atoms with Crippen LogP contribution >= 0.6 is 0 Å². The molecule has 0 unspecified atom stereocenters. The van der Waals surface area contributed by atoms with Crippen molar-refractivity contribution in [2.75, 3.05) is 31.1 Å². The largest absolute Gasteiger partial charge is 0.507 e. The fraction of sp³-hybridized carbons (Fsp3) is 0.250. The summed E-state index contributed by atoms with van der Waals surface area (Å²) in [7, 11) is 0. The van der Waals surface area contributed by atoms with Gasteiger partial charge in [-0.25, -0.2) is 4.39 Å². The van der Waals surface area contributed by atoms with Crippen LogP contribution in [0.1, 0.15) is 28.4 Å². The monoisotopic (exact) mass is 485 g/mol. The van der Waals surface area contributed by atoms with E-state index in [1.807, 2.05) is 31.2 Å². The number of aryl methyl sites for hydroxylation is 1. The maximum Gasteiger partial charge on any atom is 0.259 e. The second-order valence-corrected chi connectivity index (χ2v) is 9.02. The Kier molecular flexibility index (Phi) is 6.77. The lowest BCUT2D eigenvalue weighted by atomic mass is 9.96. The van der Waals surface area contributed by atoms with Crippen molar-refractivity contribution in [3.63, 3.8) is 0 Å². The number of anilines is 1. The Morgan fingerprint density at radius 1 is 0.972 bits per heavy atom. The van der Waals surface area contributed by atoms with Crippen LogP contribution in [0.15, 0.2) is 84.2 Å². The smallest absolute Gasteiger partial charge is 0.259 e. The van der Waals surface area contributed by atoms with E-state index in [0.29, 0.717) is 44.0 Å². The van der Waals surface area contributed by atoms with E-state index in [-0.39, 0.29) is 17.1 Å². The highest BCUT2D eigenvalue weighted by Gasteiger charge is 2.31. The minimum atomic E-state index is -0.434. The SMILES string of the molecule is Cc1cc(O)c([C@H](c2ccncc2)N2CCN(c3ccc(F)cc3)CC2)c(=O)n1Cc1cccnc1. The van der Waals surface area contributed by atoms with Crippen LogP contribution in [-0.4, -0.2) is 50.7 Å². The number of piperazine rings is 1. The summed E-state index contributed by atoms with van der Waals surface area (Å²) in [5, 5.41) is 11.1. The van der Waals surface area contributed by atoms with Crippen LogP contribution in [-0.2, 0) is 6.54 Å². The number of hydrogen-bond donors (Lipinski definition) is 1. The molecule has 8 heteroatoms. The first-order valence-electron chi connectivity index (χ1n) is 12.0. The Hall–Kier alpha value is -4.04. The molecule has 0 bridgehead atoms. The molecule has 5 rings (SSSR count). The number of nitrogens with zero attached hydrogens (tertiary/aromatic N) is 5. The van der Waals surface area contributed by atoms with Gasteiger partial charge in [0.1, 0.15) is 11.6 Å². The van der Waals surface area contributed by atoms with Gasteiger partial charge in [0.2, 0.25) is 0 Å². The molecule has 4 heterocycles. The lowest BCUT2D eigenvalue weighted by Crippen LogP contribution is -2.49. The minimum absolute atomic E-state index is 0.0114. The molecule has 1 atom stereocenters. The summed E-state index contributed by atoms with van der Waals surface area (Å²) >= 11 is 0. The van der Waals surface area contributed by atoms with E-state index in [0.717, 1.165) is 16.8 Å². The van der Waals surface area contributed by atoms with Crippen molar-refractivity contribution in [2.45, 2.75) is 19.5 Å². The maximum absolute atomic E-state index is 13.9. The fourth-order valence-electron chi connectivity index (χ4n) is 4.89. The zero-order chi connectivity index (χ0) is 25.1. The second-order valence-electron chi connectivity index (χ2n) is 9.02. The Labute approximate surface area is 209 Å². The summed E-state index contributed by atoms with van der Waals surface area (Å²) < 4.78 is 15.1. The maximum atomic E-state index is 13.9. The molecule has 0 radical (unpaired) electrons. The molecule has 1 N–H and O–H groups in total. The summed E-state index contributed by atoms with van der Waals surface area (Å²) in [6, 6.07) is 15.3. The van der Waals surface area contributed by atoms with E-state index >= 15 is 0 Å². The first kappa shape index (κ1) is 23.7. The zero-order valence-corrected chi connectivity index (χ0v) is 20.1. The average Bonchev–Trinajstić information content (AvgIpc) is 2.91. The summed E-state index contributed by atoms with van der Waals surface area (Å²) in [6.07, 6.45) is 6.85. The predicted octanol–water partition coefficient (Wildman–Crippen LogP) is 3.75. The Bertz CT molecular complexity index is 1370. The van der Waals surface area contributed by atoms with E-state index in [1.54, 1.807) is 47.6 Å². The first-order valence-corrected chi connectivity index (χ1v) is 12.0. The lowest BCUT2D eigenvalue weighted by Gasteiger charge is -2.40. The van der Waals surface area contributed by atoms with Crippen LogP contribution in [0.4, 0.5) is 10.1 Å². The molecule has 36 heavy (non-hydrogen) atoms. The van der Waals surface area contributed by atoms with Gasteiger partial charge in [0.15, 0.2) is 0 Å². The highest BCUT2D eigenvalue weighted by Crippen LogP contribution is 2.33. The van der Waals surface area contributed by atoms with Gasteiger partial charge in [-0.1, -0.05) is 6.07 Å². The van der Waals surface area contributed by atoms with Gasteiger partial charge >= 0.3 is 0 Å². The van der Waals surface area contributed by atoms with Gasteiger partial charge in [0.05, 0.1) is 18.2 Å². The standard InChI is InChI=1S/C28H28FN5O2/c1-20-17-25(35)26(28(36)34(20)19-21-3-2-10-31-18-21)27(22-8-11-30-12-9-22)33-15-13-32(14-16-33)24-6-4-23(29)5-7-24/h2-12,17-18,27,35H,13-16,19H2,1H3/t27-/m0/s1. The predicted molar refractivity (Wildman–Crippen MR) is 137 cm³/mol. The third-order valence-electron chi connectivity index (χ3n) is 6.75. The number of benzene rings is 1. The second kappa shape index (κ2) is 10.3. The summed E-state index contributed by atoms with van der Waals surface area (Å²) in [5.41, 5.74) is 3.58. The molecular weight excluding hydrogens is 457 g/mol. The van der Waals surface area contributed by atoms with Crippen molar-refractivity contribution in [1.82, 2.24) is 19.4 Å². The number of pyridine rings is 3. The lowest BCUT2D eigenvalue weighted by molar-refractivity contribution is 0.207. The van der Waals surface area contributed by atoms with Gasteiger partial charge in [-0.15, -0.1) is 0 Å². The van der Waals surface area contributed by atoms with E-state index < -0.39 is 6.04 Å². The number of rotatable bonds is 6. The van der Waals surface area contributed by atoms with Crippen molar-refractivity contribution < 1.29 is 9.50 Å². The third kappa shape index (κ3) is 4.85. The van der Waals surface area contributed by atoms with Crippen molar-refractivity contribution in [3.8, 4) is 5.75 Å². The van der Waals surface area contributed by atoms with E-state index in [9.17, 15) is 14.3 Å². The fourth-order valence-corrected chi connectivity index (χ4v) is 4.89. The molecule has 0 saturated carbocycles. The van der Waals surface area contributed by atoms with Crippen molar-refractivity contribution in [3.05, 3.63) is 118 Å². The molecule has 3 aromatic heterocycles. The number of hydrogen-bond acceptors (Lipinski definition) is 6. The zero-order valence-electron chi connectivity index (χ0n) is 20.1. The number of aromatic nitrogens is 3. The minimum Gasteiger partial charge on any atom is -0.507 e. The highest BCUT2D eigenvalue weighted by molar-refractivity contribution is 5.47. The topological polar surface area (TPSA) is 74.5 Å². The Morgan fingerprint density at radius 2 is 1.69 bits per heavy atom. The molecule has 4 aromatic rings. The van der Waals surface area contributed by atoms with Gasteiger partial charge in [0.25, 0.3) is 5.56 Å². The van der Waals surface area contributed by atoms with Crippen LogP contribution in [0.3, 0.4) is 0 Å². The van der Waals surface area contributed by atoms with Crippen LogP contribution in [0, 0.1) is 12.7 Å². The van der Waals surface area contributed by atoms with E-state index in [4.69, 9.17) is 0 Å². The molecular formula is C28H28FN5O2. The van der Waals surface area contributed by atoms with E-state index in [1.165, 1.54) is 12.1 Å². The van der Waals surface area contributed by atoms with Crippen LogP contribution in [0.2, 0.25) is 0 Å². The van der Waals surface area contributed by atoms with E-state index in [2.05, 4.69) is 19.8 Å². The van der Waals surface area contributed by atoms with Crippen LogP contribution < -0.4 is 10.5 Å². The van der Waals surface area contributed by atoms with Gasteiger partial charge in [0, 0.05) is 62.3 Å². The van der Waals surface area contributed by atoms with Crippen molar-refractivity contribution in [2.24, 2.45) is 0 Å². The highest BCUT2D eigenvalue weighted by atomic mass is 19.1.